The number of amides is 1. The minimum absolute atomic E-state index is 0.255. The zero-order chi connectivity index (χ0) is 9.31. The van der Waals surface area contributed by atoms with Gasteiger partial charge in [-0.3, -0.25) is 5.43 Å². The monoisotopic (exact) mass is 185 g/mol. The van der Waals surface area contributed by atoms with Crippen molar-refractivity contribution in [3.63, 3.8) is 0 Å². The molecule has 5 heteroatoms. The Balaban J connectivity index is 1.99. The van der Waals surface area contributed by atoms with Crippen LogP contribution in [0.3, 0.4) is 0 Å². The first kappa shape index (κ1) is 8.77. The molecule has 74 valence electrons. The number of likely N-dealkylation sites (tertiary alicyclic amines) is 1. The van der Waals surface area contributed by atoms with Crippen molar-refractivity contribution in [2.24, 2.45) is 0 Å². The maximum atomic E-state index is 11.0. The molecule has 2 rings (SSSR count). The number of carbonyl (C=O) groups excluding carboxylic acids is 1. The Kier molecular flexibility index (Phi) is 2.13. The third kappa shape index (κ3) is 1.76. The van der Waals surface area contributed by atoms with Crippen LogP contribution in [-0.4, -0.2) is 43.3 Å². The van der Waals surface area contributed by atoms with Gasteiger partial charge in [0.15, 0.2) is 0 Å². The number of rotatable bonds is 0. The molecule has 5 nitrogen and oxygen atoms in total. The summed E-state index contributed by atoms with van der Waals surface area (Å²) in [5.41, 5.74) is 5.05. The second-order valence-corrected chi connectivity index (χ2v) is 3.85. The SMILES string of the molecule is CN1CCC2(CC1)CNNC(=O)O2. The molecule has 0 unspecified atom stereocenters. The minimum atomic E-state index is -0.351. The molecular formula is C8H15N3O2. The third-order valence-corrected chi connectivity index (χ3v) is 2.81. The molecule has 2 heterocycles. The summed E-state index contributed by atoms with van der Waals surface area (Å²) in [4.78, 5) is 13.3. The van der Waals surface area contributed by atoms with Gasteiger partial charge in [-0.25, -0.2) is 10.2 Å². The van der Waals surface area contributed by atoms with Crippen molar-refractivity contribution in [1.82, 2.24) is 15.8 Å². The number of nitrogens with zero attached hydrogens (tertiary/aromatic N) is 1. The summed E-state index contributed by atoms with van der Waals surface area (Å²) in [5.74, 6) is 0. The van der Waals surface area contributed by atoms with Gasteiger partial charge in [-0.1, -0.05) is 0 Å². The Bertz CT molecular complexity index is 211. The molecule has 0 aromatic carbocycles. The van der Waals surface area contributed by atoms with Crippen LogP contribution < -0.4 is 10.9 Å². The van der Waals surface area contributed by atoms with E-state index in [1.165, 1.54) is 0 Å². The summed E-state index contributed by atoms with van der Waals surface area (Å²) < 4.78 is 5.32. The summed E-state index contributed by atoms with van der Waals surface area (Å²) in [6, 6.07) is 0. The first-order valence-corrected chi connectivity index (χ1v) is 4.61. The number of carbonyl (C=O) groups is 1. The van der Waals surface area contributed by atoms with Crippen LogP contribution in [0.2, 0.25) is 0 Å². The van der Waals surface area contributed by atoms with Gasteiger partial charge >= 0.3 is 6.09 Å². The highest BCUT2D eigenvalue weighted by Crippen LogP contribution is 2.26. The number of ether oxygens (including phenoxy) is 1. The molecule has 0 radical (unpaired) electrons. The number of hydrazine groups is 1. The van der Waals surface area contributed by atoms with Gasteiger partial charge < -0.3 is 9.64 Å². The Morgan fingerprint density at radius 2 is 2.15 bits per heavy atom. The predicted octanol–water partition coefficient (Wildman–Crippen LogP) is -0.305. The van der Waals surface area contributed by atoms with Gasteiger partial charge in [0.25, 0.3) is 0 Å². The molecule has 0 aliphatic carbocycles. The van der Waals surface area contributed by atoms with Crippen molar-refractivity contribution in [2.75, 3.05) is 26.7 Å². The fourth-order valence-corrected chi connectivity index (χ4v) is 1.84. The Hall–Kier alpha value is -0.810. The van der Waals surface area contributed by atoms with E-state index < -0.39 is 0 Å². The lowest BCUT2D eigenvalue weighted by atomic mass is 9.91. The van der Waals surface area contributed by atoms with Gasteiger partial charge in [0.2, 0.25) is 0 Å². The largest absolute Gasteiger partial charge is 0.440 e. The molecule has 1 amide bonds. The molecule has 2 saturated heterocycles. The van der Waals surface area contributed by atoms with E-state index in [2.05, 4.69) is 22.8 Å². The highest BCUT2D eigenvalue weighted by Gasteiger charge is 2.39. The Morgan fingerprint density at radius 3 is 2.77 bits per heavy atom. The van der Waals surface area contributed by atoms with E-state index in [1.54, 1.807) is 0 Å². The lowest BCUT2D eigenvalue weighted by Gasteiger charge is -2.42. The van der Waals surface area contributed by atoms with E-state index in [-0.39, 0.29) is 11.7 Å². The molecule has 2 fully saturated rings. The molecule has 0 aromatic heterocycles. The van der Waals surface area contributed by atoms with Crippen molar-refractivity contribution >= 4 is 6.09 Å². The number of nitrogens with one attached hydrogen (secondary N) is 2. The average molecular weight is 185 g/mol. The van der Waals surface area contributed by atoms with E-state index in [9.17, 15) is 4.79 Å². The predicted molar refractivity (Wildman–Crippen MR) is 47.1 cm³/mol. The number of hydrogen-bond donors (Lipinski definition) is 2. The summed E-state index contributed by atoms with van der Waals surface area (Å²) in [7, 11) is 2.09. The van der Waals surface area contributed by atoms with Crippen molar-refractivity contribution in [1.29, 1.82) is 0 Å². The van der Waals surface area contributed by atoms with Crippen molar-refractivity contribution in [3.05, 3.63) is 0 Å². The summed E-state index contributed by atoms with van der Waals surface area (Å²) >= 11 is 0. The van der Waals surface area contributed by atoms with Crippen LogP contribution in [0.5, 0.6) is 0 Å². The zero-order valence-electron chi connectivity index (χ0n) is 7.80. The molecule has 0 bridgehead atoms. The standard InChI is InChI=1S/C8H15N3O2/c1-11-4-2-8(3-5-11)6-9-10-7(12)13-8/h9H,2-6H2,1H3,(H,10,12). The van der Waals surface area contributed by atoms with Gasteiger partial charge in [0.05, 0.1) is 6.54 Å². The van der Waals surface area contributed by atoms with Gasteiger partial charge in [-0.2, -0.15) is 0 Å². The first-order valence-electron chi connectivity index (χ1n) is 4.61. The quantitative estimate of drug-likeness (QED) is 0.544. The molecule has 2 aliphatic heterocycles. The molecule has 2 aliphatic rings. The second kappa shape index (κ2) is 3.16. The molecule has 2 N–H and O–H groups in total. The van der Waals surface area contributed by atoms with Gasteiger partial charge in [0, 0.05) is 25.9 Å². The van der Waals surface area contributed by atoms with Crippen LogP contribution in [0.4, 0.5) is 4.79 Å². The van der Waals surface area contributed by atoms with E-state index in [1.807, 2.05) is 0 Å². The number of piperidine rings is 1. The van der Waals surface area contributed by atoms with Crippen LogP contribution in [0.25, 0.3) is 0 Å². The van der Waals surface area contributed by atoms with Crippen molar-refractivity contribution < 1.29 is 9.53 Å². The van der Waals surface area contributed by atoms with Crippen LogP contribution in [0.1, 0.15) is 12.8 Å². The van der Waals surface area contributed by atoms with Crippen molar-refractivity contribution in [3.8, 4) is 0 Å². The van der Waals surface area contributed by atoms with Crippen LogP contribution >= 0.6 is 0 Å². The van der Waals surface area contributed by atoms with E-state index in [0.29, 0.717) is 6.54 Å². The van der Waals surface area contributed by atoms with E-state index in [4.69, 9.17) is 4.74 Å². The van der Waals surface area contributed by atoms with Gasteiger partial charge in [0.1, 0.15) is 5.60 Å². The van der Waals surface area contributed by atoms with Crippen LogP contribution in [0.15, 0.2) is 0 Å². The summed E-state index contributed by atoms with van der Waals surface area (Å²) in [6.07, 6.45) is 1.49. The topological polar surface area (TPSA) is 53.6 Å². The fraction of sp³-hybridized carbons (Fsp3) is 0.875. The van der Waals surface area contributed by atoms with Crippen LogP contribution in [0, 0.1) is 0 Å². The molecule has 1 spiro atoms. The zero-order valence-corrected chi connectivity index (χ0v) is 7.80. The lowest BCUT2D eigenvalue weighted by molar-refractivity contribution is -0.0510. The summed E-state index contributed by atoms with van der Waals surface area (Å²) in [6.45, 7) is 2.70. The van der Waals surface area contributed by atoms with Crippen molar-refractivity contribution in [2.45, 2.75) is 18.4 Å². The maximum Gasteiger partial charge on any atom is 0.422 e. The Morgan fingerprint density at radius 1 is 1.46 bits per heavy atom. The fourth-order valence-electron chi connectivity index (χ4n) is 1.84. The minimum Gasteiger partial charge on any atom is -0.440 e. The van der Waals surface area contributed by atoms with Crippen LogP contribution in [-0.2, 0) is 4.74 Å². The third-order valence-electron chi connectivity index (χ3n) is 2.81. The Labute approximate surface area is 77.4 Å². The van der Waals surface area contributed by atoms with Gasteiger partial charge in [-0.15, -0.1) is 0 Å². The summed E-state index contributed by atoms with van der Waals surface area (Å²) in [5, 5.41) is 0. The normalized spacial score (nSPS) is 28.2. The molecule has 13 heavy (non-hydrogen) atoms. The average Bonchev–Trinajstić information content (AvgIpc) is 2.11. The highest BCUT2D eigenvalue weighted by molar-refractivity contribution is 5.67. The highest BCUT2D eigenvalue weighted by atomic mass is 16.6. The second-order valence-electron chi connectivity index (χ2n) is 3.85. The van der Waals surface area contributed by atoms with E-state index >= 15 is 0 Å². The lowest BCUT2D eigenvalue weighted by Crippen LogP contribution is -2.60. The number of hydrogen-bond acceptors (Lipinski definition) is 4. The maximum absolute atomic E-state index is 11.0. The molecular weight excluding hydrogens is 170 g/mol. The smallest absolute Gasteiger partial charge is 0.422 e. The molecule has 0 saturated carbocycles. The molecule has 0 aromatic rings. The first-order chi connectivity index (χ1) is 6.20. The van der Waals surface area contributed by atoms with E-state index in [0.717, 1.165) is 25.9 Å². The van der Waals surface area contributed by atoms with Gasteiger partial charge in [-0.05, 0) is 7.05 Å². The molecule has 0 atom stereocenters.